The summed E-state index contributed by atoms with van der Waals surface area (Å²) in [6, 6.07) is 0. The number of aliphatic carboxylic acids is 1. The van der Waals surface area contributed by atoms with E-state index in [0.29, 0.717) is 23.7 Å². The van der Waals surface area contributed by atoms with E-state index in [4.69, 9.17) is 5.11 Å². The first-order valence-electron chi connectivity index (χ1n) is 5.02. The lowest BCUT2D eigenvalue weighted by atomic mass is 9.76. The molecule has 0 aromatic heterocycles. The minimum absolute atomic E-state index is 0.116. The van der Waals surface area contributed by atoms with E-state index in [1.807, 2.05) is 0 Å². The van der Waals surface area contributed by atoms with Crippen molar-refractivity contribution in [2.24, 2.45) is 29.6 Å². The van der Waals surface area contributed by atoms with Gasteiger partial charge in [-0.25, -0.2) is 0 Å². The molecule has 1 saturated carbocycles. The highest BCUT2D eigenvalue weighted by molar-refractivity contribution is 5.72. The number of rotatable bonds is 2. The topological polar surface area (TPSA) is 37.3 Å². The fourth-order valence-corrected chi connectivity index (χ4v) is 3.12. The molecule has 13 heavy (non-hydrogen) atoms. The van der Waals surface area contributed by atoms with E-state index in [9.17, 15) is 4.79 Å². The van der Waals surface area contributed by atoms with E-state index >= 15 is 0 Å². The van der Waals surface area contributed by atoms with E-state index in [2.05, 4.69) is 26.0 Å². The van der Waals surface area contributed by atoms with Crippen LogP contribution in [0, 0.1) is 29.6 Å². The molecule has 0 amide bonds. The van der Waals surface area contributed by atoms with Gasteiger partial charge in [-0.3, -0.25) is 4.79 Å². The molecule has 1 fully saturated rings. The second-order valence-corrected chi connectivity index (χ2v) is 4.63. The SMILES string of the molecule is CC(C)C1C2C=CC(C2)C1C(=O)O. The zero-order valence-corrected chi connectivity index (χ0v) is 8.10. The van der Waals surface area contributed by atoms with Gasteiger partial charge in [-0.1, -0.05) is 26.0 Å². The van der Waals surface area contributed by atoms with Gasteiger partial charge in [-0.2, -0.15) is 0 Å². The van der Waals surface area contributed by atoms with Crippen molar-refractivity contribution in [1.29, 1.82) is 0 Å². The molecule has 2 aliphatic carbocycles. The molecule has 0 aromatic carbocycles. The highest BCUT2D eigenvalue weighted by Crippen LogP contribution is 2.50. The number of carbonyl (C=O) groups is 1. The minimum atomic E-state index is -0.601. The summed E-state index contributed by atoms with van der Waals surface area (Å²) in [5.41, 5.74) is 0. The van der Waals surface area contributed by atoms with Crippen LogP contribution in [0.1, 0.15) is 20.3 Å². The van der Waals surface area contributed by atoms with Crippen LogP contribution in [0.5, 0.6) is 0 Å². The molecule has 2 heteroatoms. The van der Waals surface area contributed by atoms with Gasteiger partial charge >= 0.3 is 5.97 Å². The van der Waals surface area contributed by atoms with Gasteiger partial charge in [0.05, 0.1) is 5.92 Å². The Kier molecular flexibility index (Phi) is 1.94. The highest BCUT2D eigenvalue weighted by atomic mass is 16.4. The van der Waals surface area contributed by atoms with E-state index in [-0.39, 0.29) is 5.92 Å². The van der Waals surface area contributed by atoms with Crippen molar-refractivity contribution in [2.75, 3.05) is 0 Å². The zero-order valence-electron chi connectivity index (χ0n) is 8.10. The lowest BCUT2D eigenvalue weighted by Crippen LogP contribution is -2.30. The third-order valence-corrected chi connectivity index (χ3v) is 3.58. The first-order valence-corrected chi connectivity index (χ1v) is 5.02. The average Bonchev–Trinajstić information content (AvgIpc) is 2.60. The maximum atomic E-state index is 11.1. The summed E-state index contributed by atoms with van der Waals surface area (Å²) < 4.78 is 0. The Balaban J connectivity index is 2.25. The van der Waals surface area contributed by atoms with Crippen molar-refractivity contribution in [1.82, 2.24) is 0 Å². The third kappa shape index (κ3) is 1.19. The number of carboxylic acids is 1. The lowest BCUT2D eigenvalue weighted by Gasteiger charge is -2.27. The Morgan fingerprint density at radius 1 is 1.38 bits per heavy atom. The zero-order chi connectivity index (χ0) is 9.59. The second-order valence-electron chi connectivity index (χ2n) is 4.63. The first-order chi connectivity index (χ1) is 6.11. The smallest absolute Gasteiger partial charge is 0.307 e. The Bertz CT molecular complexity index is 255. The summed E-state index contributed by atoms with van der Waals surface area (Å²) >= 11 is 0. The fourth-order valence-electron chi connectivity index (χ4n) is 3.12. The van der Waals surface area contributed by atoms with E-state index < -0.39 is 5.97 Å². The summed E-state index contributed by atoms with van der Waals surface area (Å²) in [5, 5.41) is 9.12. The molecule has 2 aliphatic rings. The van der Waals surface area contributed by atoms with Crippen molar-refractivity contribution in [3.63, 3.8) is 0 Å². The van der Waals surface area contributed by atoms with Crippen LogP contribution >= 0.6 is 0 Å². The molecule has 4 atom stereocenters. The summed E-state index contributed by atoms with van der Waals surface area (Å²) in [5.74, 6) is 0.986. The maximum absolute atomic E-state index is 11.1. The molecule has 2 nitrogen and oxygen atoms in total. The predicted octanol–water partition coefficient (Wildman–Crippen LogP) is 2.17. The van der Waals surface area contributed by atoms with Crippen molar-refractivity contribution in [2.45, 2.75) is 20.3 Å². The quantitative estimate of drug-likeness (QED) is 0.661. The van der Waals surface area contributed by atoms with Crippen LogP contribution in [0.25, 0.3) is 0 Å². The summed E-state index contributed by atoms with van der Waals surface area (Å²) in [7, 11) is 0. The van der Waals surface area contributed by atoms with Gasteiger partial charge < -0.3 is 5.11 Å². The normalized spacial score (nSPS) is 41.8. The van der Waals surface area contributed by atoms with Crippen LogP contribution in [0.2, 0.25) is 0 Å². The standard InChI is InChI=1S/C11H16O2/c1-6(2)9-7-3-4-8(5-7)10(9)11(12)13/h3-4,6-10H,5H2,1-2H3,(H,12,13). The largest absolute Gasteiger partial charge is 0.481 e. The summed E-state index contributed by atoms with van der Waals surface area (Å²) in [6.45, 7) is 4.27. The third-order valence-electron chi connectivity index (χ3n) is 3.58. The molecule has 0 heterocycles. The van der Waals surface area contributed by atoms with Crippen molar-refractivity contribution < 1.29 is 9.90 Å². The average molecular weight is 180 g/mol. The molecule has 0 saturated heterocycles. The van der Waals surface area contributed by atoms with Gasteiger partial charge in [0.15, 0.2) is 0 Å². The van der Waals surface area contributed by atoms with Crippen LogP contribution in [-0.2, 0) is 4.79 Å². The maximum Gasteiger partial charge on any atom is 0.307 e. The predicted molar refractivity (Wildman–Crippen MR) is 50.2 cm³/mol. The molecule has 0 aromatic rings. The van der Waals surface area contributed by atoms with E-state index in [1.165, 1.54) is 0 Å². The van der Waals surface area contributed by atoms with Crippen molar-refractivity contribution in [3.8, 4) is 0 Å². The molecule has 1 N–H and O–H groups in total. The van der Waals surface area contributed by atoms with E-state index in [0.717, 1.165) is 6.42 Å². The minimum Gasteiger partial charge on any atom is -0.481 e. The molecule has 4 unspecified atom stereocenters. The van der Waals surface area contributed by atoms with Gasteiger partial charge in [0.1, 0.15) is 0 Å². The van der Waals surface area contributed by atoms with Crippen LogP contribution in [0.15, 0.2) is 12.2 Å². The van der Waals surface area contributed by atoms with Gasteiger partial charge in [0.25, 0.3) is 0 Å². The number of carboxylic acid groups (broad SMARTS) is 1. The van der Waals surface area contributed by atoms with Crippen molar-refractivity contribution in [3.05, 3.63) is 12.2 Å². The lowest BCUT2D eigenvalue weighted by molar-refractivity contribution is -0.144. The number of allylic oxidation sites excluding steroid dienone is 2. The molecular formula is C11H16O2. The summed E-state index contributed by atoms with van der Waals surface area (Å²) in [6.07, 6.45) is 5.39. The van der Waals surface area contributed by atoms with Gasteiger partial charge in [0.2, 0.25) is 0 Å². The molecule has 0 radical (unpaired) electrons. The number of hydrogen-bond donors (Lipinski definition) is 1. The molecular weight excluding hydrogens is 164 g/mol. The Hall–Kier alpha value is -0.790. The van der Waals surface area contributed by atoms with Crippen LogP contribution in [0.3, 0.4) is 0 Å². The van der Waals surface area contributed by atoms with Crippen LogP contribution in [-0.4, -0.2) is 11.1 Å². The molecule has 72 valence electrons. The Labute approximate surface area is 78.6 Å². The second kappa shape index (κ2) is 2.86. The van der Waals surface area contributed by atoms with Crippen molar-refractivity contribution >= 4 is 5.97 Å². The van der Waals surface area contributed by atoms with Gasteiger partial charge in [-0.05, 0) is 30.1 Å². The highest BCUT2D eigenvalue weighted by Gasteiger charge is 2.49. The Morgan fingerprint density at radius 3 is 2.46 bits per heavy atom. The molecule has 0 aliphatic heterocycles. The van der Waals surface area contributed by atoms with Crippen LogP contribution in [0.4, 0.5) is 0 Å². The Morgan fingerprint density at radius 2 is 2.00 bits per heavy atom. The van der Waals surface area contributed by atoms with Crippen LogP contribution < -0.4 is 0 Å². The fraction of sp³-hybridized carbons (Fsp3) is 0.727. The van der Waals surface area contributed by atoms with Gasteiger partial charge in [-0.15, -0.1) is 0 Å². The first kappa shape index (κ1) is 8.79. The van der Waals surface area contributed by atoms with Gasteiger partial charge in [0, 0.05) is 0 Å². The number of hydrogen-bond acceptors (Lipinski definition) is 1. The van der Waals surface area contributed by atoms with E-state index in [1.54, 1.807) is 0 Å². The monoisotopic (exact) mass is 180 g/mol. The molecule has 2 bridgehead atoms. The summed E-state index contributed by atoms with van der Waals surface area (Å²) in [4.78, 5) is 11.1. The number of fused-ring (bicyclic) bond motifs is 2. The molecule has 0 spiro atoms. The molecule has 2 rings (SSSR count).